The normalized spacial score (nSPS) is 25.8. The summed E-state index contributed by atoms with van der Waals surface area (Å²) in [6, 6.07) is 0. The van der Waals surface area contributed by atoms with Crippen LogP contribution in [0.3, 0.4) is 0 Å². The molecule has 72 valence electrons. The number of halogens is 2. The molecule has 0 aliphatic carbocycles. The highest BCUT2D eigenvalue weighted by Crippen LogP contribution is 2.36. The van der Waals surface area contributed by atoms with Gasteiger partial charge in [-0.25, -0.2) is 0 Å². The number of alkyl halides is 2. The number of allylic oxidation sites excluding steroid dienone is 3. The maximum absolute atomic E-state index is 12.5. The maximum Gasteiger partial charge on any atom is 0.586 e. The van der Waals surface area contributed by atoms with E-state index in [2.05, 4.69) is 16.1 Å². The van der Waals surface area contributed by atoms with Crippen LogP contribution in [0.5, 0.6) is 0 Å². The van der Waals surface area contributed by atoms with E-state index < -0.39 is 6.29 Å². The zero-order valence-corrected chi connectivity index (χ0v) is 7.43. The molecule has 0 aromatic rings. The molecule has 0 radical (unpaired) electrons. The molecule has 0 aromatic heterocycles. The molecule has 0 N–H and O–H groups in total. The van der Waals surface area contributed by atoms with Gasteiger partial charge in [-0.1, -0.05) is 12.2 Å². The monoisotopic (exact) mass is 188 g/mol. The molecule has 0 bridgehead atoms. The topological polar surface area (TPSA) is 18.5 Å². The average Bonchev–Trinajstić information content (AvgIpc) is 2.24. The Morgan fingerprint density at radius 2 is 1.92 bits per heavy atom. The van der Waals surface area contributed by atoms with Crippen LogP contribution in [0.2, 0.25) is 0 Å². The molecule has 0 aromatic carbocycles. The Labute approximate surface area is 75.1 Å². The molecule has 1 aliphatic heterocycles. The van der Waals surface area contributed by atoms with Crippen LogP contribution in [0.25, 0.3) is 0 Å². The summed E-state index contributed by atoms with van der Waals surface area (Å²) in [5.74, 6) is 0.0491. The predicted molar refractivity (Wildman–Crippen MR) is 43.8 cm³/mol. The van der Waals surface area contributed by atoms with E-state index in [1.807, 2.05) is 0 Å². The third-order valence-electron chi connectivity index (χ3n) is 1.34. The Balaban J connectivity index is 2.94. The van der Waals surface area contributed by atoms with Crippen LogP contribution < -0.4 is 0 Å². The molecule has 1 rings (SSSR count). The lowest BCUT2D eigenvalue weighted by molar-refractivity contribution is -0.326. The van der Waals surface area contributed by atoms with Gasteiger partial charge < -0.3 is 9.47 Å². The number of hydrogen-bond donors (Lipinski definition) is 0. The molecule has 0 unspecified atom stereocenters. The lowest BCUT2D eigenvalue weighted by atomic mass is 10.2. The second kappa shape index (κ2) is 3.20. The smallest absolute Gasteiger partial charge is 0.396 e. The molecule has 2 nitrogen and oxygen atoms in total. The summed E-state index contributed by atoms with van der Waals surface area (Å²) in [5.41, 5.74) is 0.621. The van der Waals surface area contributed by atoms with Crippen LogP contribution in [0, 0.1) is 0 Å². The zero-order chi connectivity index (χ0) is 10.1. The minimum Gasteiger partial charge on any atom is -0.396 e. The van der Waals surface area contributed by atoms with Crippen molar-refractivity contribution in [2.24, 2.45) is 0 Å². The van der Waals surface area contributed by atoms with Crippen LogP contribution in [0.1, 0.15) is 13.8 Å². The minimum atomic E-state index is -3.55. The van der Waals surface area contributed by atoms with Crippen LogP contribution in [-0.4, -0.2) is 6.29 Å². The maximum atomic E-state index is 12.5. The first kappa shape index (κ1) is 9.77. The average molecular weight is 188 g/mol. The van der Waals surface area contributed by atoms with Gasteiger partial charge in [0.05, 0.1) is 0 Å². The molecule has 1 aliphatic rings. The second-order valence-electron chi connectivity index (χ2n) is 2.68. The van der Waals surface area contributed by atoms with E-state index in [0.29, 0.717) is 5.57 Å². The number of hydrogen-bond acceptors (Lipinski definition) is 2. The Morgan fingerprint density at radius 1 is 1.38 bits per heavy atom. The van der Waals surface area contributed by atoms with Crippen molar-refractivity contribution in [3.05, 3.63) is 35.8 Å². The fourth-order valence-electron chi connectivity index (χ4n) is 0.903. The van der Waals surface area contributed by atoms with Gasteiger partial charge in [0.25, 0.3) is 0 Å². The fourth-order valence-corrected chi connectivity index (χ4v) is 0.903. The Hall–Kier alpha value is -1.32. The first-order valence-corrected chi connectivity index (χ1v) is 3.74. The summed E-state index contributed by atoms with van der Waals surface area (Å²) in [5, 5.41) is 0. The Bertz CT molecular complexity index is 290. The summed E-state index contributed by atoms with van der Waals surface area (Å²) in [6.07, 6.45) is -0.741. The van der Waals surface area contributed by atoms with Crippen LogP contribution in [-0.2, 0) is 9.47 Å². The molecule has 0 atom stereocenters. The summed E-state index contributed by atoms with van der Waals surface area (Å²) in [6.45, 7) is 6.82. The molecule has 1 heterocycles. The Morgan fingerprint density at radius 3 is 2.38 bits per heavy atom. The molecule has 4 heteroatoms. The number of rotatable bonds is 1. The molecule has 13 heavy (non-hydrogen) atoms. The third kappa shape index (κ3) is 2.31. The largest absolute Gasteiger partial charge is 0.586 e. The van der Waals surface area contributed by atoms with Gasteiger partial charge in [0.15, 0.2) is 11.5 Å². The van der Waals surface area contributed by atoms with E-state index in [1.54, 1.807) is 13.8 Å². The highest BCUT2D eigenvalue weighted by Gasteiger charge is 2.45. The summed E-state index contributed by atoms with van der Waals surface area (Å²) in [7, 11) is 0. The number of ether oxygens (including phenoxy) is 2. The van der Waals surface area contributed by atoms with Gasteiger partial charge in [-0.15, -0.1) is 8.78 Å². The van der Waals surface area contributed by atoms with E-state index in [1.165, 1.54) is 12.2 Å². The third-order valence-corrected chi connectivity index (χ3v) is 1.34. The van der Waals surface area contributed by atoms with Gasteiger partial charge in [0.2, 0.25) is 0 Å². The lowest BCUT2D eigenvalue weighted by Gasteiger charge is -2.03. The lowest BCUT2D eigenvalue weighted by Crippen LogP contribution is -2.14. The Kier molecular flexibility index (Phi) is 2.40. The van der Waals surface area contributed by atoms with Crippen LogP contribution in [0.4, 0.5) is 8.78 Å². The van der Waals surface area contributed by atoms with E-state index in [0.717, 1.165) is 0 Å². The van der Waals surface area contributed by atoms with Gasteiger partial charge in [-0.2, -0.15) is 0 Å². The van der Waals surface area contributed by atoms with Gasteiger partial charge in [-0.05, 0) is 26.0 Å². The molecule has 0 saturated carbocycles. The molecular formula is C9H10F2O2. The van der Waals surface area contributed by atoms with E-state index >= 15 is 0 Å². The standard InChI is InChI=1S/C9H10F2O2/c1-4-7-8(5-6(2)3)13-9(10,11)12-7/h4-5H,2H2,1,3H3/b7-4+,8-5+. The van der Waals surface area contributed by atoms with Crippen molar-refractivity contribution in [2.75, 3.05) is 0 Å². The molecule has 1 saturated heterocycles. The predicted octanol–water partition coefficient (Wildman–Crippen LogP) is 2.95. The van der Waals surface area contributed by atoms with Gasteiger partial charge in [0, 0.05) is 0 Å². The zero-order valence-electron chi connectivity index (χ0n) is 7.43. The first-order chi connectivity index (χ1) is 5.94. The van der Waals surface area contributed by atoms with E-state index in [9.17, 15) is 8.78 Å². The quantitative estimate of drug-likeness (QED) is 0.629. The van der Waals surface area contributed by atoms with Crippen LogP contribution in [0.15, 0.2) is 35.8 Å². The molecule has 1 fully saturated rings. The van der Waals surface area contributed by atoms with Crippen molar-refractivity contribution in [3.8, 4) is 0 Å². The summed E-state index contributed by atoms with van der Waals surface area (Å²) >= 11 is 0. The van der Waals surface area contributed by atoms with Crippen molar-refractivity contribution in [3.63, 3.8) is 0 Å². The molecule has 0 amide bonds. The van der Waals surface area contributed by atoms with Crippen LogP contribution >= 0.6 is 0 Å². The second-order valence-corrected chi connectivity index (χ2v) is 2.68. The fraction of sp³-hybridized carbons (Fsp3) is 0.333. The first-order valence-electron chi connectivity index (χ1n) is 3.74. The molecular weight excluding hydrogens is 178 g/mol. The van der Waals surface area contributed by atoms with E-state index in [-0.39, 0.29) is 11.5 Å². The molecule has 0 spiro atoms. The minimum absolute atomic E-state index is 0.0139. The van der Waals surface area contributed by atoms with E-state index in [4.69, 9.17) is 0 Å². The van der Waals surface area contributed by atoms with Crippen molar-refractivity contribution in [1.82, 2.24) is 0 Å². The highest BCUT2D eigenvalue weighted by molar-refractivity contribution is 5.29. The van der Waals surface area contributed by atoms with Gasteiger partial charge in [-0.3, -0.25) is 0 Å². The van der Waals surface area contributed by atoms with Gasteiger partial charge in [0.1, 0.15) is 0 Å². The summed E-state index contributed by atoms with van der Waals surface area (Å²) in [4.78, 5) is 0. The SMILES string of the molecule is C=C(C)/C=C1/OC(F)(F)O/C1=C/C. The summed E-state index contributed by atoms with van der Waals surface area (Å²) < 4.78 is 33.5. The van der Waals surface area contributed by atoms with Crippen molar-refractivity contribution in [1.29, 1.82) is 0 Å². The van der Waals surface area contributed by atoms with Crippen molar-refractivity contribution in [2.45, 2.75) is 20.1 Å². The van der Waals surface area contributed by atoms with Crippen molar-refractivity contribution < 1.29 is 18.3 Å². The highest BCUT2D eigenvalue weighted by atomic mass is 19.3. The van der Waals surface area contributed by atoms with Crippen molar-refractivity contribution >= 4 is 0 Å². The van der Waals surface area contributed by atoms with Gasteiger partial charge >= 0.3 is 6.29 Å².